The average molecular weight is 239 g/mol. The van der Waals surface area contributed by atoms with Crippen molar-refractivity contribution in [1.29, 1.82) is 0 Å². The summed E-state index contributed by atoms with van der Waals surface area (Å²) in [5.74, 6) is 0.924. The molecule has 0 saturated carbocycles. The molecular formula is C13H21NO3. The van der Waals surface area contributed by atoms with Crippen molar-refractivity contribution in [2.45, 2.75) is 20.4 Å². The maximum atomic E-state index is 9.93. The van der Waals surface area contributed by atoms with E-state index in [1.165, 1.54) is 0 Å². The Bertz CT molecular complexity index is 341. The van der Waals surface area contributed by atoms with Gasteiger partial charge in [0, 0.05) is 25.3 Å². The topological polar surface area (TPSA) is 61.7 Å². The SMILES string of the molecule is CCOc1cccc(CNCC(C)CO)c1O. The molecule has 1 aromatic rings. The highest BCUT2D eigenvalue weighted by Gasteiger charge is 2.07. The van der Waals surface area contributed by atoms with Crippen LogP contribution in [0.25, 0.3) is 0 Å². The summed E-state index contributed by atoms with van der Waals surface area (Å²) in [5.41, 5.74) is 0.807. The van der Waals surface area contributed by atoms with E-state index < -0.39 is 0 Å². The molecule has 17 heavy (non-hydrogen) atoms. The van der Waals surface area contributed by atoms with Crippen molar-refractivity contribution >= 4 is 0 Å². The minimum absolute atomic E-state index is 0.165. The molecule has 0 amide bonds. The number of hydrogen-bond acceptors (Lipinski definition) is 4. The Labute approximate surface area is 102 Å². The predicted molar refractivity (Wildman–Crippen MR) is 67.2 cm³/mol. The third-order valence-electron chi connectivity index (χ3n) is 2.50. The van der Waals surface area contributed by atoms with Crippen LogP contribution in [0.15, 0.2) is 18.2 Å². The number of benzene rings is 1. The quantitative estimate of drug-likeness (QED) is 0.675. The zero-order valence-electron chi connectivity index (χ0n) is 10.4. The van der Waals surface area contributed by atoms with Gasteiger partial charge in [0.05, 0.1) is 6.61 Å². The fourth-order valence-electron chi connectivity index (χ4n) is 1.50. The molecule has 1 unspecified atom stereocenters. The fourth-order valence-corrected chi connectivity index (χ4v) is 1.50. The van der Waals surface area contributed by atoms with Gasteiger partial charge in [0.15, 0.2) is 11.5 Å². The third kappa shape index (κ3) is 4.24. The number of aliphatic hydroxyl groups is 1. The van der Waals surface area contributed by atoms with Gasteiger partial charge in [-0.2, -0.15) is 0 Å². The van der Waals surface area contributed by atoms with E-state index in [4.69, 9.17) is 9.84 Å². The van der Waals surface area contributed by atoms with Crippen LogP contribution >= 0.6 is 0 Å². The van der Waals surface area contributed by atoms with Crippen molar-refractivity contribution in [2.75, 3.05) is 19.8 Å². The summed E-state index contributed by atoms with van der Waals surface area (Å²) in [7, 11) is 0. The predicted octanol–water partition coefficient (Wildman–Crippen LogP) is 1.51. The van der Waals surface area contributed by atoms with Crippen molar-refractivity contribution in [1.82, 2.24) is 5.32 Å². The van der Waals surface area contributed by atoms with Crippen LogP contribution in [0.1, 0.15) is 19.4 Å². The summed E-state index contributed by atoms with van der Waals surface area (Å²) in [6.45, 7) is 5.83. The first-order valence-corrected chi connectivity index (χ1v) is 5.94. The highest BCUT2D eigenvalue weighted by atomic mass is 16.5. The van der Waals surface area contributed by atoms with Gasteiger partial charge in [-0.1, -0.05) is 19.1 Å². The third-order valence-corrected chi connectivity index (χ3v) is 2.50. The Balaban J connectivity index is 2.56. The van der Waals surface area contributed by atoms with E-state index in [-0.39, 0.29) is 18.3 Å². The lowest BCUT2D eigenvalue weighted by molar-refractivity contribution is 0.233. The maximum Gasteiger partial charge on any atom is 0.162 e. The van der Waals surface area contributed by atoms with Crippen molar-refractivity contribution in [2.24, 2.45) is 5.92 Å². The van der Waals surface area contributed by atoms with E-state index in [1.54, 1.807) is 6.07 Å². The number of hydrogen-bond donors (Lipinski definition) is 3. The first-order valence-electron chi connectivity index (χ1n) is 5.94. The zero-order valence-corrected chi connectivity index (χ0v) is 10.4. The Hall–Kier alpha value is -1.26. The number of aromatic hydroxyl groups is 1. The molecule has 1 aromatic carbocycles. The first kappa shape index (κ1) is 13.8. The highest BCUT2D eigenvalue weighted by molar-refractivity contribution is 5.45. The fraction of sp³-hybridized carbons (Fsp3) is 0.538. The maximum absolute atomic E-state index is 9.93. The minimum atomic E-state index is 0.165. The molecule has 4 nitrogen and oxygen atoms in total. The van der Waals surface area contributed by atoms with Gasteiger partial charge in [0.25, 0.3) is 0 Å². The van der Waals surface area contributed by atoms with Crippen LogP contribution in [-0.4, -0.2) is 30.0 Å². The van der Waals surface area contributed by atoms with Crippen LogP contribution in [0.3, 0.4) is 0 Å². The molecule has 0 aliphatic carbocycles. The standard InChI is InChI=1S/C13H21NO3/c1-3-17-12-6-4-5-11(13(12)16)8-14-7-10(2)9-15/h4-6,10,14-16H,3,7-9H2,1-2H3. The van der Waals surface area contributed by atoms with Gasteiger partial charge >= 0.3 is 0 Å². The molecule has 1 atom stereocenters. The lowest BCUT2D eigenvalue weighted by atomic mass is 10.1. The molecule has 0 aliphatic rings. The molecule has 0 bridgehead atoms. The van der Waals surface area contributed by atoms with E-state index in [1.807, 2.05) is 26.0 Å². The van der Waals surface area contributed by atoms with Gasteiger partial charge in [0.1, 0.15) is 0 Å². The minimum Gasteiger partial charge on any atom is -0.504 e. The van der Waals surface area contributed by atoms with Gasteiger partial charge in [0.2, 0.25) is 0 Å². The molecule has 0 heterocycles. The number of phenolic OH excluding ortho intramolecular Hbond substituents is 1. The van der Waals surface area contributed by atoms with Crippen LogP contribution in [0.2, 0.25) is 0 Å². The Kier molecular flexibility index (Phi) is 5.80. The van der Waals surface area contributed by atoms with Crippen LogP contribution in [0.5, 0.6) is 11.5 Å². The summed E-state index contributed by atoms with van der Waals surface area (Å²) in [6, 6.07) is 5.46. The molecule has 4 heteroatoms. The number of para-hydroxylation sites is 1. The molecule has 96 valence electrons. The van der Waals surface area contributed by atoms with Gasteiger partial charge in [-0.3, -0.25) is 0 Å². The Morgan fingerprint density at radius 1 is 1.41 bits per heavy atom. The van der Waals surface area contributed by atoms with Crippen LogP contribution in [-0.2, 0) is 6.54 Å². The molecule has 1 rings (SSSR count). The number of rotatable bonds is 7. The monoisotopic (exact) mass is 239 g/mol. The lowest BCUT2D eigenvalue weighted by Crippen LogP contribution is -2.22. The summed E-state index contributed by atoms with van der Waals surface area (Å²) in [4.78, 5) is 0. The van der Waals surface area contributed by atoms with Crippen LogP contribution in [0, 0.1) is 5.92 Å². The second-order valence-electron chi connectivity index (χ2n) is 4.12. The molecule has 0 fully saturated rings. The van der Waals surface area contributed by atoms with E-state index in [2.05, 4.69) is 5.32 Å². The molecule has 3 N–H and O–H groups in total. The van der Waals surface area contributed by atoms with E-state index in [9.17, 15) is 5.11 Å². The van der Waals surface area contributed by atoms with Gasteiger partial charge in [-0.05, 0) is 18.9 Å². The van der Waals surface area contributed by atoms with Gasteiger partial charge < -0.3 is 20.3 Å². The van der Waals surface area contributed by atoms with Crippen molar-refractivity contribution in [3.05, 3.63) is 23.8 Å². The highest BCUT2D eigenvalue weighted by Crippen LogP contribution is 2.29. The van der Waals surface area contributed by atoms with E-state index in [0.717, 1.165) is 12.1 Å². The van der Waals surface area contributed by atoms with Gasteiger partial charge in [-0.25, -0.2) is 0 Å². The second kappa shape index (κ2) is 7.14. The van der Waals surface area contributed by atoms with Crippen LogP contribution < -0.4 is 10.1 Å². The number of aliphatic hydroxyl groups excluding tert-OH is 1. The molecule has 0 spiro atoms. The molecule has 0 aliphatic heterocycles. The van der Waals surface area contributed by atoms with Crippen LogP contribution in [0.4, 0.5) is 0 Å². The first-order chi connectivity index (χ1) is 8.19. The number of nitrogens with one attached hydrogen (secondary N) is 1. The van der Waals surface area contributed by atoms with Crippen molar-refractivity contribution in [3.8, 4) is 11.5 Å². The second-order valence-corrected chi connectivity index (χ2v) is 4.12. The largest absolute Gasteiger partial charge is 0.504 e. The normalized spacial score (nSPS) is 12.4. The summed E-state index contributed by atoms with van der Waals surface area (Å²) < 4.78 is 5.31. The Morgan fingerprint density at radius 3 is 2.82 bits per heavy atom. The molecule has 0 aromatic heterocycles. The van der Waals surface area contributed by atoms with E-state index >= 15 is 0 Å². The number of phenols is 1. The van der Waals surface area contributed by atoms with Crippen molar-refractivity contribution < 1.29 is 14.9 Å². The summed E-state index contributed by atoms with van der Waals surface area (Å²) in [6.07, 6.45) is 0. The smallest absolute Gasteiger partial charge is 0.162 e. The van der Waals surface area contributed by atoms with Gasteiger partial charge in [-0.15, -0.1) is 0 Å². The molecule has 0 saturated heterocycles. The Morgan fingerprint density at radius 2 is 2.18 bits per heavy atom. The van der Waals surface area contributed by atoms with E-state index in [0.29, 0.717) is 18.9 Å². The lowest BCUT2D eigenvalue weighted by Gasteiger charge is -2.12. The summed E-state index contributed by atoms with van der Waals surface area (Å²) >= 11 is 0. The van der Waals surface area contributed by atoms with Crippen molar-refractivity contribution in [3.63, 3.8) is 0 Å². The average Bonchev–Trinajstić information content (AvgIpc) is 2.33. The number of ether oxygens (including phenoxy) is 1. The zero-order chi connectivity index (χ0) is 12.7. The molecular weight excluding hydrogens is 218 g/mol. The summed E-state index contributed by atoms with van der Waals surface area (Å²) in [5, 5.41) is 22.0. The molecule has 0 radical (unpaired) electrons.